The predicted molar refractivity (Wildman–Crippen MR) is 64.0 cm³/mol. The third-order valence-electron chi connectivity index (χ3n) is 2.70. The maximum atomic E-state index is 10.9. The van der Waals surface area contributed by atoms with Crippen LogP contribution in [0.1, 0.15) is 37.3 Å². The maximum Gasteiger partial charge on any atom is 0.123 e. The minimum atomic E-state index is 0.201. The Bertz CT molecular complexity index is 304. The summed E-state index contributed by atoms with van der Waals surface area (Å²) < 4.78 is 0. The quantitative estimate of drug-likeness (QED) is 0.648. The normalized spacial score (nSPS) is 12.4. The summed E-state index contributed by atoms with van der Waals surface area (Å²) in [5.74, 6) is 0.201. The Kier molecular flexibility index (Phi) is 5.09. The standard InChI is InChI=1S/C14H20O/c1-3-4-7-14(11-15)10-13-8-5-6-12(2)9-13/h5-6,8-9,11,14H,3-4,7,10H2,1-2H3. The van der Waals surface area contributed by atoms with Crippen molar-refractivity contribution in [3.8, 4) is 0 Å². The number of carbonyl (C=O) groups excluding carboxylic acids is 1. The Morgan fingerprint density at radius 2 is 2.20 bits per heavy atom. The average Bonchev–Trinajstić information content (AvgIpc) is 2.24. The van der Waals surface area contributed by atoms with Crippen molar-refractivity contribution in [3.05, 3.63) is 35.4 Å². The zero-order chi connectivity index (χ0) is 11.1. The van der Waals surface area contributed by atoms with Crippen molar-refractivity contribution in [2.24, 2.45) is 5.92 Å². The number of aryl methyl sites for hydroxylation is 1. The molecule has 1 atom stereocenters. The van der Waals surface area contributed by atoms with Crippen LogP contribution in [0.2, 0.25) is 0 Å². The fourth-order valence-electron chi connectivity index (χ4n) is 1.83. The number of carbonyl (C=O) groups is 1. The molecule has 1 aromatic rings. The van der Waals surface area contributed by atoms with Crippen molar-refractivity contribution in [3.63, 3.8) is 0 Å². The van der Waals surface area contributed by atoms with Gasteiger partial charge in [-0.1, -0.05) is 49.6 Å². The van der Waals surface area contributed by atoms with Crippen LogP contribution in [0.4, 0.5) is 0 Å². The molecule has 1 aromatic carbocycles. The van der Waals surface area contributed by atoms with Crippen molar-refractivity contribution in [2.75, 3.05) is 0 Å². The third kappa shape index (κ3) is 4.28. The van der Waals surface area contributed by atoms with Crippen LogP contribution in [-0.4, -0.2) is 6.29 Å². The highest BCUT2D eigenvalue weighted by Crippen LogP contribution is 2.14. The highest BCUT2D eigenvalue weighted by Gasteiger charge is 2.07. The number of hydrogen-bond donors (Lipinski definition) is 0. The van der Waals surface area contributed by atoms with Crippen LogP contribution in [0.25, 0.3) is 0 Å². The van der Waals surface area contributed by atoms with Crippen LogP contribution in [-0.2, 0) is 11.2 Å². The molecule has 0 N–H and O–H groups in total. The molecule has 82 valence electrons. The van der Waals surface area contributed by atoms with Gasteiger partial charge in [-0.25, -0.2) is 0 Å². The van der Waals surface area contributed by atoms with Crippen molar-refractivity contribution in [1.82, 2.24) is 0 Å². The van der Waals surface area contributed by atoms with Gasteiger partial charge in [-0.15, -0.1) is 0 Å². The summed E-state index contributed by atoms with van der Waals surface area (Å²) in [5.41, 5.74) is 2.55. The molecule has 0 saturated carbocycles. The number of unbranched alkanes of at least 4 members (excludes halogenated alkanes) is 1. The van der Waals surface area contributed by atoms with Gasteiger partial charge in [0.15, 0.2) is 0 Å². The summed E-state index contributed by atoms with van der Waals surface area (Å²) in [7, 11) is 0. The second-order valence-electron chi connectivity index (χ2n) is 4.23. The second-order valence-corrected chi connectivity index (χ2v) is 4.23. The summed E-state index contributed by atoms with van der Waals surface area (Å²) >= 11 is 0. The zero-order valence-corrected chi connectivity index (χ0v) is 9.70. The van der Waals surface area contributed by atoms with Gasteiger partial charge in [-0.3, -0.25) is 0 Å². The van der Waals surface area contributed by atoms with Crippen molar-refractivity contribution in [2.45, 2.75) is 39.5 Å². The lowest BCUT2D eigenvalue weighted by Crippen LogP contribution is -2.06. The molecule has 0 aliphatic carbocycles. The van der Waals surface area contributed by atoms with Gasteiger partial charge in [0.1, 0.15) is 6.29 Å². The van der Waals surface area contributed by atoms with Gasteiger partial charge in [0.2, 0.25) is 0 Å². The Labute approximate surface area is 92.5 Å². The molecule has 0 spiro atoms. The van der Waals surface area contributed by atoms with Gasteiger partial charge < -0.3 is 4.79 Å². The predicted octanol–water partition coefficient (Wildman–Crippen LogP) is 3.54. The topological polar surface area (TPSA) is 17.1 Å². The van der Waals surface area contributed by atoms with E-state index >= 15 is 0 Å². The van der Waals surface area contributed by atoms with E-state index in [2.05, 4.69) is 38.1 Å². The van der Waals surface area contributed by atoms with E-state index < -0.39 is 0 Å². The van der Waals surface area contributed by atoms with E-state index in [0.29, 0.717) is 0 Å². The van der Waals surface area contributed by atoms with Crippen LogP contribution in [0.3, 0.4) is 0 Å². The van der Waals surface area contributed by atoms with Crippen molar-refractivity contribution in [1.29, 1.82) is 0 Å². The molecule has 1 nitrogen and oxygen atoms in total. The van der Waals surface area contributed by atoms with Gasteiger partial charge in [-0.05, 0) is 25.3 Å². The van der Waals surface area contributed by atoms with E-state index in [1.54, 1.807) is 0 Å². The number of benzene rings is 1. The van der Waals surface area contributed by atoms with Gasteiger partial charge in [0, 0.05) is 5.92 Å². The van der Waals surface area contributed by atoms with Crippen LogP contribution in [0, 0.1) is 12.8 Å². The minimum absolute atomic E-state index is 0.201. The van der Waals surface area contributed by atoms with E-state index in [9.17, 15) is 4.79 Å². The van der Waals surface area contributed by atoms with Crippen LogP contribution in [0.5, 0.6) is 0 Å². The Hall–Kier alpha value is -1.11. The summed E-state index contributed by atoms with van der Waals surface area (Å²) in [6.07, 6.45) is 5.34. The lowest BCUT2D eigenvalue weighted by atomic mass is 9.95. The van der Waals surface area contributed by atoms with E-state index in [1.165, 1.54) is 11.1 Å². The van der Waals surface area contributed by atoms with Gasteiger partial charge in [0.05, 0.1) is 0 Å². The van der Waals surface area contributed by atoms with Crippen molar-refractivity contribution >= 4 is 6.29 Å². The first-order valence-corrected chi connectivity index (χ1v) is 5.77. The molecule has 0 bridgehead atoms. The molecule has 1 rings (SSSR count). The molecule has 0 fully saturated rings. The first-order chi connectivity index (χ1) is 7.26. The molecule has 0 amide bonds. The Morgan fingerprint density at radius 3 is 2.80 bits per heavy atom. The second kappa shape index (κ2) is 6.39. The van der Waals surface area contributed by atoms with Crippen LogP contribution < -0.4 is 0 Å². The number of hydrogen-bond acceptors (Lipinski definition) is 1. The van der Waals surface area contributed by atoms with E-state index in [0.717, 1.165) is 32.0 Å². The first kappa shape index (κ1) is 12.0. The number of rotatable bonds is 6. The minimum Gasteiger partial charge on any atom is -0.303 e. The maximum absolute atomic E-state index is 10.9. The van der Waals surface area contributed by atoms with Crippen LogP contribution in [0.15, 0.2) is 24.3 Å². The fraction of sp³-hybridized carbons (Fsp3) is 0.500. The average molecular weight is 204 g/mol. The number of aldehydes is 1. The van der Waals surface area contributed by atoms with E-state index in [1.807, 2.05) is 0 Å². The Morgan fingerprint density at radius 1 is 1.40 bits per heavy atom. The molecule has 1 unspecified atom stereocenters. The fourth-order valence-corrected chi connectivity index (χ4v) is 1.83. The molecule has 1 heteroatoms. The summed E-state index contributed by atoms with van der Waals surface area (Å²) in [4.78, 5) is 10.9. The largest absolute Gasteiger partial charge is 0.303 e. The molecule has 0 radical (unpaired) electrons. The highest BCUT2D eigenvalue weighted by atomic mass is 16.1. The SMILES string of the molecule is CCCCC(C=O)Cc1cccc(C)c1. The summed E-state index contributed by atoms with van der Waals surface area (Å²) in [5, 5.41) is 0. The van der Waals surface area contributed by atoms with Gasteiger partial charge >= 0.3 is 0 Å². The smallest absolute Gasteiger partial charge is 0.123 e. The molecular weight excluding hydrogens is 184 g/mol. The molecular formula is C14H20O. The lowest BCUT2D eigenvalue weighted by Gasteiger charge is -2.09. The third-order valence-corrected chi connectivity index (χ3v) is 2.70. The highest BCUT2D eigenvalue weighted by molar-refractivity contribution is 5.54. The van der Waals surface area contributed by atoms with Gasteiger partial charge in [-0.2, -0.15) is 0 Å². The summed E-state index contributed by atoms with van der Waals surface area (Å²) in [6.45, 7) is 4.25. The monoisotopic (exact) mass is 204 g/mol. The van der Waals surface area contributed by atoms with E-state index in [4.69, 9.17) is 0 Å². The molecule has 15 heavy (non-hydrogen) atoms. The van der Waals surface area contributed by atoms with Crippen molar-refractivity contribution < 1.29 is 4.79 Å². The lowest BCUT2D eigenvalue weighted by molar-refractivity contribution is -0.111. The molecule has 0 saturated heterocycles. The van der Waals surface area contributed by atoms with Gasteiger partial charge in [0.25, 0.3) is 0 Å². The Balaban J connectivity index is 2.54. The molecule has 0 aliphatic rings. The molecule has 0 aliphatic heterocycles. The van der Waals surface area contributed by atoms with E-state index in [-0.39, 0.29) is 5.92 Å². The zero-order valence-electron chi connectivity index (χ0n) is 9.70. The summed E-state index contributed by atoms with van der Waals surface area (Å²) in [6, 6.07) is 8.43. The van der Waals surface area contributed by atoms with Crippen LogP contribution >= 0.6 is 0 Å². The molecule has 0 aromatic heterocycles. The molecule has 0 heterocycles. The first-order valence-electron chi connectivity index (χ1n) is 5.77.